The molecule has 7 heteroatoms. The summed E-state index contributed by atoms with van der Waals surface area (Å²) in [7, 11) is 0. The second-order valence-corrected chi connectivity index (χ2v) is 5.18. The lowest BCUT2D eigenvalue weighted by molar-refractivity contribution is 0.102. The maximum absolute atomic E-state index is 13.6. The van der Waals surface area contributed by atoms with Gasteiger partial charge < -0.3 is 15.2 Å². The Morgan fingerprint density at radius 1 is 1.25 bits per heavy atom. The van der Waals surface area contributed by atoms with Crippen molar-refractivity contribution >= 4 is 17.4 Å². The number of amides is 1. The third-order valence-electron chi connectivity index (χ3n) is 3.31. The van der Waals surface area contributed by atoms with Crippen molar-refractivity contribution in [1.29, 1.82) is 0 Å². The molecule has 0 aliphatic carbocycles. The Balaban J connectivity index is 1.67. The molecule has 0 aliphatic rings. The number of rotatable bonds is 5. The first-order valence-corrected chi connectivity index (χ1v) is 7.29. The number of pyridine rings is 1. The highest BCUT2D eigenvalue weighted by atomic mass is 19.1. The summed E-state index contributed by atoms with van der Waals surface area (Å²) in [5, 5.41) is 9.37. The lowest BCUT2D eigenvalue weighted by Crippen LogP contribution is -2.13. The first-order valence-electron chi connectivity index (χ1n) is 7.29. The number of carbonyl (C=O) groups excluding carboxylic acids is 1. The predicted octanol–water partition coefficient (Wildman–Crippen LogP) is 3.38. The van der Waals surface area contributed by atoms with Crippen molar-refractivity contribution in [2.24, 2.45) is 0 Å². The fourth-order valence-electron chi connectivity index (χ4n) is 2.11. The molecule has 1 aromatic carbocycles. The van der Waals surface area contributed by atoms with E-state index in [4.69, 9.17) is 4.52 Å². The summed E-state index contributed by atoms with van der Waals surface area (Å²) < 4.78 is 18.5. The van der Waals surface area contributed by atoms with Crippen LogP contribution in [0.1, 0.15) is 21.7 Å². The molecule has 6 nitrogen and oxygen atoms in total. The average molecular weight is 326 g/mol. The zero-order chi connectivity index (χ0) is 16.9. The quantitative estimate of drug-likeness (QED) is 0.751. The molecule has 0 radical (unpaired) electrons. The van der Waals surface area contributed by atoms with Gasteiger partial charge in [-0.3, -0.25) is 9.78 Å². The van der Waals surface area contributed by atoms with Gasteiger partial charge in [0.25, 0.3) is 5.91 Å². The van der Waals surface area contributed by atoms with Crippen molar-refractivity contribution in [3.63, 3.8) is 0 Å². The molecular weight excluding hydrogens is 311 g/mol. The van der Waals surface area contributed by atoms with Crippen molar-refractivity contribution in [3.05, 3.63) is 71.5 Å². The van der Waals surface area contributed by atoms with Gasteiger partial charge in [-0.25, -0.2) is 4.39 Å². The van der Waals surface area contributed by atoms with Gasteiger partial charge in [0.15, 0.2) is 5.82 Å². The molecule has 0 spiro atoms. The van der Waals surface area contributed by atoms with E-state index in [1.165, 1.54) is 12.3 Å². The number of hydrogen-bond donors (Lipinski definition) is 2. The molecule has 3 rings (SSSR count). The summed E-state index contributed by atoms with van der Waals surface area (Å²) in [4.78, 5) is 16.2. The largest absolute Gasteiger partial charge is 0.380 e. The Kier molecular flexibility index (Phi) is 4.51. The van der Waals surface area contributed by atoms with Gasteiger partial charge in [0.1, 0.15) is 11.6 Å². The standard InChI is InChI=1S/C17H15FN4O2/c1-11-6-16(22-24-11)21-17(23)13-7-14(10-19-8-13)20-9-12-4-2-3-5-15(12)18/h2-8,10,20H,9H2,1H3,(H,21,22,23). The fourth-order valence-corrected chi connectivity index (χ4v) is 2.11. The fraction of sp³-hybridized carbons (Fsp3) is 0.118. The minimum Gasteiger partial charge on any atom is -0.380 e. The number of aryl methyl sites for hydroxylation is 1. The van der Waals surface area contributed by atoms with E-state index < -0.39 is 0 Å². The van der Waals surface area contributed by atoms with Crippen LogP contribution in [0.15, 0.2) is 53.3 Å². The van der Waals surface area contributed by atoms with E-state index >= 15 is 0 Å². The minimum atomic E-state index is -0.356. The maximum Gasteiger partial charge on any atom is 0.258 e. The van der Waals surface area contributed by atoms with Crippen LogP contribution >= 0.6 is 0 Å². The molecule has 0 aliphatic heterocycles. The summed E-state index contributed by atoms with van der Waals surface area (Å²) in [6.07, 6.45) is 3.01. The number of anilines is 2. The van der Waals surface area contributed by atoms with Crippen molar-refractivity contribution in [2.75, 3.05) is 10.6 Å². The van der Waals surface area contributed by atoms with Gasteiger partial charge in [0.05, 0.1) is 11.3 Å². The predicted molar refractivity (Wildman–Crippen MR) is 87.2 cm³/mol. The van der Waals surface area contributed by atoms with Crippen LogP contribution in [0.5, 0.6) is 0 Å². The van der Waals surface area contributed by atoms with Crippen LogP contribution in [-0.2, 0) is 6.54 Å². The Morgan fingerprint density at radius 2 is 2.08 bits per heavy atom. The molecule has 0 saturated carbocycles. The number of nitrogens with zero attached hydrogens (tertiary/aromatic N) is 2. The monoisotopic (exact) mass is 326 g/mol. The van der Waals surface area contributed by atoms with E-state index in [1.54, 1.807) is 43.5 Å². The Morgan fingerprint density at radius 3 is 2.83 bits per heavy atom. The average Bonchev–Trinajstić information content (AvgIpc) is 2.99. The van der Waals surface area contributed by atoms with E-state index in [1.807, 2.05) is 0 Å². The molecule has 24 heavy (non-hydrogen) atoms. The van der Waals surface area contributed by atoms with E-state index in [0.29, 0.717) is 34.9 Å². The lowest BCUT2D eigenvalue weighted by atomic mass is 10.2. The van der Waals surface area contributed by atoms with Crippen LogP contribution in [0.3, 0.4) is 0 Å². The first-order chi connectivity index (χ1) is 11.6. The van der Waals surface area contributed by atoms with Gasteiger partial charge in [-0.05, 0) is 19.1 Å². The molecule has 122 valence electrons. The smallest absolute Gasteiger partial charge is 0.258 e. The molecule has 0 saturated heterocycles. The first kappa shape index (κ1) is 15.7. The van der Waals surface area contributed by atoms with Crippen LogP contribution in [-0.4, -0.2) is 16.0 Å². The van der Waals surface area contributed by atoms with Crippen LogP contribution in [0.4, 0.5) is 15.9 Å². The number of hydrogen-bond acceptors (Lipinski definition) is 5. The number of benzene rings is 1. The van der Waals surface area contributed by atoms with Gasteiger partial charge in [0.2, 0.25) is 0 Å². The molecule has 2 heterocycles. The summed E-state index contributed by atoms with van der Waals surface area (Å²) >= 11 is 0. The molecular formula is C17H15FN4O2. The van der Waals surface area contributed by atoms with Gasteiger partial charge in [0, 0.05) is 30.6 Å². The van der Waals surface area contributed by atoms with Crippen molar-refractivity contribution < 1.29 is 13.7 Å². The third kappa shape index (κ3) is 3.75. The van der Waals surface area contributed by atoms with Crippen LogP contribution in [0, 0.1) is 12.7 Å². The van der Waals surface area contributed by atoms with Crippen LogP contribution < -0.4 is 10.6 Å². The Bertz CT molecular complexity index is 863. The highest BCUT2D eigenvalue weighted by molar-refractivity contribution is 6.04. The Labute approximate surface area is 137 Å². The molecule has 0 bridgehead atoms. The molecule has 2 N–H and O–H groups in total. The second kappa shape index (κ2) is 6.91. The number of aromatic nitrogens is 2. The maximum atomic E-state index is 13.6. The summed E-state index contributed by atoms with van der Waals surface area (Å²) in [5.74, 6) is 0.296. The Hall–Kier alpha value is -3.22. The van der Waals surface area contributed by atoms with Crippen molar-refractivity contribution in [1.82, 2.24) is 10.1 Å². The van der Waals surface area contributed by atoms with Gasteiger partial charge >= 0.3 is 0 Å². The van der Waals surface area contributed by atoms with Crippen molar-refractivity contribution in [3.8, 4) is 0 Å². The molecule has 3 aromatic rings. The van der Waals surface area contributed by atoms with Crippen LogP contribution in [0.2, 0.25) is 0 Å². The van der Waals surface area contributed by atoms with E-state index in [9.17, 15) is 9.18 Å². The molecule has 0 unspecified atom stereocenters. The van der Waals surface area contributed by atoms with Gasteiger partial charge in [-0.1, -0.05) is 23.4 Å². The lowest BCUT2D eigenvalue weighted by Gasteiger charge is -2.08. The van der Waals surface area contributed by atoms with Gasteiger partial charge in [-0.15, -0.1) is 0 Å². The summed E-state index contributed by atoms with van der Waals surface area (Å²) in [6.45, 7) is 2.03. The summed E-state index contributed by atoms with van der Waals surface area (Å²) in [5.41, 5.74) is 1.50. The zero-order valence-corrected chi connectivity index (χ0v) is 12.9. The number of halogens is 1. The topological polar surface area (TPSA) is 80.0 Å². The van der Waals surface area contributed by atoms with Crippen molar-refractivity contribution in [2.45, 2.75) is 13.5 Å². The SMILES string of the molecule is Cc1cc(NC(=O)c2cncc(NCc3ccccc3F)c2)no1. The summed E-state index contributed by atoms with van der Waals surface area (Å²) in [6, 6.07) is 9.75. The number of nitrogens with one attached hydrogen (secondary N) is 2. The van der Waals surface area contributed by atoms with E-state index in [-0.39, 0.29) is 11.7 Å². The highest BCUT2D eigenvalue weighted by Gasteiger charge is 2.10. The third-order valence-corrected chi connectivity index (χ3v) is 3.31. The van der Waals surface area contributed by atoms with E-state index in [2.05, 4.69) is 20.8 Å². The number of carbonyl (C=O) groups is 1. The van der Waals surface area contributed by atoms with Gasteiger partial charge in [-0.2, -0.15) is 0 Å². The van der Waals surface area contributed by atoms with E-state index in [0.717, 1.165) is 0 Å². The second-order valence-electron chi connectivity index (χ2n) is 5.18. The molecule has 0 fully saturated rings. The molecule has 2 aromatic heterocycles. The molecule has 1 amide bonds. The van der Waals surface area contributed by atoms with Crippen LogP contribution in [0.25, 0.3) is 0 Å². The highest BCUT2D eigenvalue weighted by Crippen LogP contribution is 2.14. The zero-order valence-electron chi connectivity index (χ0n) is 12.9. The molecule has 0 atom stereocenters. The minimum absolute atomic E-state index is 0.284. The normalized spacial score (nSPS) is 10.4.